The van der Waals surface area contributed by atoms with E-state index in [0.29, 0.717) is 12.3 Å². The van der Waals surface area contributed by atoms with Crippen LogP contribution < -0.4 is 0 Å². The molecule has 2 unspecified atom stereocenters. The van der Waals surface area contributed by atoms with Gasteiger partial charge in [0.2, 0.25) is 5.78 Å². The lowest BCUT2D eigenvalue weighted by atomic mass is 9.81. The van der Waals surface area contributed by atoms with E-state index in [1.807, 2.05) is 18.2 Å². The average molecular weight is 258 g/mol. The van der Waals surface area contributed by atoms with Crippen molar-refractivity contribution in [2.24, 2.45) is 5.92 Å². The minimum Gasteiger partial charge on any atom is -0.361 e. The Balaban J connectivity index is 2.94. The van der Waals surface area contributed by atoms with Crippen molar-refractivity contribution < 1.29 is 9.58 Å². The fourth-order valence-corrected chi connectivity index (χ4v) is 2.41. The molecule has 2 atom stereocenters. The van der Waals surface area contributed by atoms with Crippen molar-refractivity contribution in [3.63, 3.8) is 0 Å². The molecule has 3 heteroatoms. The summed E-state index contributed by atoms with van der Waals surface area (Å²) in [6.07, 6.45) is 2.59. The van der Waals surface area contributed by atoms with Gasteiger partial charge in [-0.25, -0.2) is 0 Å². The summed E-state index contributed by atoms with van der Waals surface area (Å²) < 4.78 is 0. The molecule has 0 amide bonds. The van der Waals surface area contributed by atoms with Crippen LogP contribution in [0.15, 0.2) is 30.3 Å². The van der Waals surface area contributed by atoms with E-state index in [-0.39, 0.29) is 17.4 Å². The Hall–Kier alpha value is -1.73. The first-order chi connectivity index (χ1) is 9.10. The number of Topliss-reactive ketones (excluding diaryl/α,β-unsaturated/α-hetero) is 1. The molecule has 0 heterocycles. The van der Waals surface area contributed by atoms with Gasteiger partial charge in [-0.05, 0) is 17.4 Å². The number of hydrogen-bond acceptors (Lipinski definition) is 1. The number of hydrogen-bond donors (Lipinski definition) is 0. The molecule has 3 nitrogen and oxygen atoms in total. The Morgan fingerprint density at radius 1 is 1.32 bits per heavy atom. The number of benzene rings is 1. The molecule has 0 bridgehead atoms. The molecule has 1 aromatic rings. The van der Waals surface area contributed by atoms with Crippen LogP contribution in [0, 0.1) is 5.92 Å². The van der Waals surface area contributed by atoms with Gasteiger partial charge in [-0.15, -0.1) is 0 Å². The van der Waals surface area contributed by atoms with Crippen LogP contribution in [0.2, 0.25) is 0 Å². The summed E-state index contributed by atoms with van der Waals surface area (Å²) in [4.78, 5) is 15.0. The molecule has 1 rings (SSSR count). The van der Waals surface area contributed by atoms with Crippen LogP contribution in [0.1, 0.15) is 51.5 Å². The van der Waals surface area contributed by atoms with Crippen LogP contribution in [0.3, 0.4) is 0 Å². The number of carbonyl (C=O) groups is 1. The van der Waals surface area contributed by atoms with Crippen molar-refractivity contribution >= 4 is 11.5 Å². The molecule has 1 aromatic carbocycles. The zero-order valence-corrected chi connectivity index (χ0v) is 12.0. The molecule has 0 N–H and O–H groups in total. The molecule has 19 heavy (non-hydrogen) atoms. The Bertz CT molecular complexity index is 461. The first-order valence-corrected chi connectivity index (χ1v) is 6.86. The molecular formula is C16H22N2O. The molecule has 0 saturated carbocycles. The molecule has 0 aliphatic rings. The predicted octanol–water partition coefficient (Wildman–Crippen LogP) is 3.86. The van der Waals surface area contributed by atoms with Gasteiger partial charge < -0.3 is 5.53 Å². The maximum Gasteiger partial charge on any atom is 0.331 e. The van der Waals surface area contributed by atoms with E-state index in [9.17, 15) is 4.79 Å². The summed E-state index contributed by atoms with van der Waals surface area (Å²) in [7, 11) is 0. The van der Waals surface area contributed by atoms with Crippen LogP contribution in [0.5, 0.6) is 0 Å². The highest BCUT2D eigenvalue weighted by atomic mass is 16.1. The van der Waals surface area contributed by atoms with E-state index in [1.165, 1.54) is 5.56 Å². The van der Waals surface area contributed by atoms with E-state index in [1.54, 1.807) is 6.92 Å². The van der Waals surface area contributed by atoms with Crippen molar-refractivity contribution in [2.45, 2.75) is 46.0 Å². The van der Waals surface area contributed by atoms with Crippen LogP contribution in [-0.4, -0.2) is 16.3 Å². The van der Waals surface area contributed by atoms with Crippen LogP contribution in [-0.2, 0) is 4.79 Å². The van der Waals surface area contributed by atoms with Crippen LogP contribution in [0.25, 0.3) is 5.53 Å². The SMILES string of the molecule is CCCC(C)C(CC(=O)C(C)=[N+]=[N-])c1ccccc1. The van der Waals surface area contributed by atoms with Crippen LogP contribution >= 0.6 is 0 Å². The minimum absolute atomic E-state index is 0.0840. The predicted molar refractivity (Wildman–Crippen MR) is 77.2 cm³/mol. The lowest BCUT2D eigenvalue weighted by molar-refractivity contribution is -0.118. The van der Waals surface area contributed by atoms with Crippen molar-refractivity contribution in [1.29, 1.82) is 0 Å². The van der Waals surface area contributed by atoms with Gasteiger partial charge in [-0.1, -0.05) is 57.0 Å². The van der Waals surface area contributed by atoms with E-state index >= 15 is 0 Å². The zero-order valence-electron chi connectivity index (χ0n) is 12.0. The van der Waals surface area contributed by atoms with Gasteiger partial charge in [0.05, 0.1) is 0 Å². The third-order valence-electron chi connectivity index (χ3n) is 3.62. The van der Waals surface area contributed by atoms with E-state index in [0.717, 1.165) is 12.8 Å². The van der Waals surface area contributed by atoms with Gasteiger partial charge >= 0.3 is 5.71 Å². The smallest absolute Gasteiger partial charge is 0.331 e. The number of rotatable bonds is 7. The zero-order chi connectivity index (χ0) is 14.3. The Kier molecular flexibility index (Phi) is 6.17. The van der Waals surface area contributed by atoms with E-state index in [4.69, 9.17) is 5.53 Å². The normalized spacial score (nSPS) is 13.4. The Morgan fingerprint density at radius 3 is 2.47 bits per heavy atom. The van der Waals surface area contributed by atoms with Crippen LogP contribution in [0.4, 0.5) is 0 Å². The summed E-state index contributed by atoms with van der Waals surface area (Å²) in [5.41, 5.74) is 10.1. The van der Waals surface area contributed by atoms with Gasteiger partial charge in [0.15, 0.2) is 0 Å². The number of carbonyl (C=O) groups excluding carboxylic acids is 1. The van der Waals surface area contributed by atoms with Crippen molar-refractivity contribution in [3.8, 4) is 0 Å². The first kappa shape index (κ1) is 15.3. The lowest BCUT2D eigenvalue weighted by Crippen LogP contribution is -2.19. The molecule has 0 spiro atoms. The molecule has 0 aliphatic carbocycles. The van der Waals surface area contributed by atoms with Gasteiger partial charge in [-0.3, -0.25) is 4.79 Å². The minimum atomic E-state index is -0.0840. The second kappa shape index (κ2) is 7.65. The largest absolute Gasteiger partial charge is 0.361 e. The Labute approximate surface area is 115 Å². The molecule has 0 aliphatic heterocycles. The number of ketones is 1. The highest BCUT2D eigenvalue weighted by Crippen LogP contribution is 2.31. The van der Waals surface area contributed by atoms with Gasteiger partial charge in [0.25, 0.3) is 0 Å². The fourth-order valence-electron chi connectivity index (χ4n) is 2.41. The van der Waals surface area contributed by atoms with Crippen molar-refractivity contribution in [2.75, 3.05) is 0 Å². The standard InChI is InChI=1S/C16H22N2O/c1-4-8-12(2)15(11-16(19)13(3)18-17)14-9-6-5-7-10-14/h5-7,9-10,12,15H,4,8,11H2,1-3H3. The maximum atomic E-state index is 12.0. The molecular weight excluding hydrogens is 236 g/mol. The quantitative estimate of drug-likeness (QED) is 0.416. The third-order valence-corrected chi connectivity index (χ3v) is 3.62. The first-order valence-electron chi connectivity index (χ1n) is 6.86. The summed E-state index contributed by atoms with van der Waals surface area (Å²) in [5, 5.41) is 0. The fraction of sp³-hybridized carbons (Fsp3) is 0.500. The van der Waals surface area contributed by atoms with Crippen molar-refractivity contribution in [3.05, 3.63) is 41.4 Å². The monoisotopic (exact) mass is 258 g/mol. The molecule has 0 aromatic heterocycles. The summed E-state index contributed by atoms with van der Waals surface area (Å²) in [5.74, 6) is 0.535. The topological polar surface area (TPSA) is 53.5 Å². The highest BCUT2D eigenvalue weighted by Gasteiger charge is 2.25. The average Bonchev–Trinajstić information content (AvgIpc) is 2.44. The summed E-state index contributed by atoms with van der Waals surface area (Å²) in [6, 6.07) is 10.1. The van der Waals surface area contributed by atoms with E-state index < -0.39 is 0 Å². The van der Waals surface area contributed by atoms with E-state index in [2.05, 4.69) is 30.8 Å². The van der Waals surface area contributed by atoms with Crippen molar-refractivity contribution in [1.82, 2.24) is 0 Å². The second-order valence-electron chi connectivity index (χ2n) is 5.10. The molecule has 102 valence electrons. The second-order valence-corrected chi connectivity index (χ2v) is 5.10. The molecule has 0 radical (unpaired) electrons. The lowest BCUT2D eigenvalue weighted by Gasteiger charge is -2.23. The van der Waals surface area contributed by atoms with Gasteiger partial charge in [0.1, 0.15) is 0 Å². The van der Waals surface area contributed by atoms with Gasteiger partial charge in [-0.2, -0.15) is 4.79 Å². The third kappa shape index (κ3) is 4.46. The Morgan fingerprint density at radius 2 is 1.95 bits per heavy atom. The number of nitrogens with zero attached hydrogens (tertiary/aromatic N) is 2. The summed E-state index contributed by atoms with van der Waals surface area (Å²) in [6.45, 7) is 5.88. The highest BCUT2D eigenvalue weighted by molar-refractivity contribution is 6.36. The molecule has 0 fully saturated rings. The maximum absolute atomic E-state index is 12.0. The van der Waals surface area contributed by atoms with Gasteiger partial charge in [0, 0.05) is 13.3 Å². The summed E-state index contributed by atoms with van der Waals surface area (Å²) >= 11 is 0. The molecule has 0 saturated heterocycles.